The van der Waals surface area contributed by atoms with Crippen LogP contribution in [0.4, 0.5) is 5.69 Å². The molecule has 4 aromatic carbocycles. The van der Waals surface area contributed by atoms with E-state index >= 15 is 0 Å². The first-order valence-electron chi connectivity index (χ1n) is 9.25. The summed E-state index contributed by atoms with van der Waals surface area (Å²) in [6.07, 6.45) is 0. The van der Waals surface area contributed by atoms with Gasteiger partial charge in [0.2, 0.25) is 0 Å². The van der Waals surface area contributed by atoms with Crippen LogP contribution in [0.15, 0.2) is 114 Å². The van der Waals surface area contributed by atoms with Crippen LogP contribution in [0.1, 0.15) is 22.3 Å². The van der Waals surface area contributed by atoms with E-state index in [0.29, 0.717) is 4.47 Å². The maximum Gasteiger partial charge on any atom is 0.283 e. The Morgan fingerprint density at radius 1 is 0.621 bits per heavy atom. The average molecular weight is 444 g/mol. The minimum Gasteiger partial charge on any atom is -0.258 e. The van der Waals surface area contributed by atoms with Gasteiger partial charge in [0.05, 0.1) is 14.8 Å². The molecule has 3 nitrogen and oxygen atoms in total. The van der Waals surface area contributed by atoms with Crippen molar-refractivity contribution in [1.29, 1.82) is 0 Å². The zero-order chi connectivity index (χ0) is 20.3. The Morgan fingerprint density at radius 2 is 1.03 bits per heavy atom. The molecule has 0 saturated carbocycles. The van der Waals surface area contributed by atoms with E-state index in [2.05, 4.69) is 52.3 Å². The summed E-state index contributed by atoms with van der Waals surface area (Å²) in [6, 6.07) is 35.8. The molecular formula is C25H18BrNO2. The molecular weight excluding hydrogens is 426 g/mol. The van der Waals surface area contributed by atoms with Crippen LogP contribution in [0.3, 0.4) is 0 Å². The highest BCUT2D eigenvalue weighted by atomic mass is 79.9. The normalized spacial score (nSPS) is 11.2. The number of hydrogen-bond acceptors (Lipinski definition) is 2. The van der Waals surface area contributed by atoms with Crippen LogP contribution in [-0.2, 0) is 5.41 Å². The summed E-state index contributed by atoms with van der Waals surface area (Å²) >= 11 is 3.32. The number of benzene rings is 4. The van der Waals surface area contributed by atoms with Gasteiger partial charge in [0.25, 0.3) is 5.69 Å². The summed E-state index contributed by atoms with van der Waals surface area (Å²) in [4.78, 5) is 11.3. The van der Waals surface area contributed by atoms with Crippen LogP contribution in [0, 0.1) is 10.1 Å². The second kappa shape index (κ2) is 8.02. The molecule has 4 aromatic rings. The Labute approximate surface area is 177 Å². The van der Waals surface area contributed by atoms with Gasteiger partial charge in [-0.25, -0.2) is 0 Å². The Hall–Kier alpha value is -3.24. The van der Waals surface area contributed by atoms with Crippen LogP contribution >= 0.6 is 15.9 Å². The fraction of sp³-hybridized carbons (Fsp3) is 0.0400. The standard InChI is InChI=1S/C25H18BrNO2/c26-23-17-16-22(18-24(23)27(28)29)25(19-10-4-1-5-11-19,20-12-6-2-7-13-20)21-14-8-3-9-15-21/h1-18H. The summed E-state index contributed by atoms with van der Waals surface area (Å²) in [5, 5.41) is 11.7. The van der Waals surface area contributed by atoms with Gasteiger partial charge < -0.3 is 0 Å². The molecule has 0 aliphatic rings. The van der Waals surface area contributed by atoms with Crippen LogP contribution < -0.4 is 0 Å². The van der Waals surface area contributed by atoms with Crippen molar-refractivity contribution in [3.8, 4) is 0 Å². The molecule has 0 spiro atoms. The molecule has 0 heterocycles. The summed E-state index contributed by atoms with van der Waals surface area (Å²) in [5.74, 6) is 0. The SMILES string of the molecule is O=[N+]([O-])c1cc(C(c2ccccc2)(c2ccccc2)c2ccccc2)ccc1Br. The number of nitro benzene ring substituents is 1. The Kier molecular flexibility index (Phi) is 5.28. The first-order chi connectivity index (χ1) is 14.1. The second-order valence-electron chi connectivity index (χ2n) is 6.77. The zero-order valence-corrected chi connectivity index (χ0v) is 17.1. The Bertz CT molecular complexity index is 1030. The third-order valence-corrected chi connectivity index (χ3v) is 5.87. The van der Waals surface area contributed by atoms with Crippen molar-refractivity contribution in [2.75, 3.05) is 0 Å². The van der Waals surface area contributed by atoms with Gasteiger partial charge in [0.1, 0.15) is 0 Å². The molecule has 0 aliphatic carbocycles. The van der Waals surface area contributed by atoms with Crippen molar-refractivity contribution in [2.45, 2.75) is 5.41 Å². The zero-order valence-electron chi connectivity index (χ0n) is 15.5. The number of nitrogens with zero attached hydrogens (tertiary/aromatic N) is 1. The van der Waals surface area contributed by atoms with Crippen molar-refractivity contribution in [1.82, 2.24) is 0 Å². The molecule has 0 amide bonds. The molecule has 0 unspecified atom stereocenters. The van der Waals surface area contributed by atoms with Crippen LogP contribution in [-0.4, -0.2) is 4.92 Å². The van der Waals surface area contributed by atoms with E-state index in [4.69, 9.17) is 0 Å². The van der Waals surface area contributed by atoms with E-state index in [-0.39, 0.29) is 10.6 Å². The smallest absolute Gasteiger partial charge is 0.258 e. The Morgan fingerprint density at radius 3 is 1.41 bits per heavy atom. The lowest BCUT2D eigenvalue weighted by molar-refractivity contribution is -0.385. The van der Waals surface area contributed by atoms with E-state index in [1.54, 1.807) is 12.1 Å². The van der Waals surface area contributed by atoms with Gasteiger partial charge in [0.15, 0.2) is 0 Å². The molecule has 0 saturated heterocycles. The van der Waals surface area contributed by atoms with Gasteiger partial charge in [0, 0.05) is 6.07 Å². The highest BCUT2D eigenvalue weighted by Gasteiger charge is 2.39. The third kappa shape index (κ3) is 3.36. The van der Waals surface area contributed by atoms with E-state index in [9.17, 15) is 10.1 Å². The molecule has 0 bridgehead atoms. The van der Waals surface area contributed by atoms with Gasteiger partial charge in [-0.3, -0.25) is 10.1 Å². The van der Waals surface area contributed by atoms with E-state index in [1.165, 1.54) is 0 Å². The van der Waals surface area contributed by atoms with Gasteiger partial charge >= 0.3 is 0 Å². The first-order valence-corrected chi connectivity index (χ1v) is 10.0. The second-order valence-corrected chi connectivity index (χ2v) is 7.63. The number of rotatable bonds is 5. The predicted molar refractivity (Wildman–Crippen MR) is 119 cm³/mol. The Balaban J connectivity index is 2.15. The van der Waals surface area contributed by atoms with Crippen molar-refractivity contribution < 1.29 is 4.92 Å². The summed E-state index contributed by atoms with van der Waals surface area (Å²) in [7, 11) is 0. The minimum absolute atomic E-state index is 0.0506. The minimum atomic E-state index is -0.685. The molecule has 0 radical (unpaired) electrons. The number of nitro groups is 1. The molecule has 29 heavy (non-hydrogen) atoms. The van der Waals surface area contributed by atoms with Crippen molar-refractivity contribution in [3.63, 3.8) is 0 Å². The van der Waals surface area contributed by atoms with E-state index in [1.807, 2.05) is 60.7 Å². The van der Waals surface area contributed by atoms with Gasteiger partial charge in [-0.05, 0) is 44.3 Å². The number of halogens is 1. The third-order valence-electron chi connectivity index (χ3n) is 5.20. The molecule has 0 aromatic heterocycles. The van der Waals surface area contributed by atoms with Crippen molar-refractivity contribution in [2.24, 2.45) is 0 Å². The fourth-order valence-corrected chi connectivity index (χ4v) is 4.34. The van der Waals surface area contributed by atoms with Crippen LogP contribution in [0.25, 0.3) is 0 Å². The summed E-state index contributed by atoms with van der Waals surface area (Å²) in [6.45, 7) is 0. The molecule has 142 valence electrons. The van der Waals surface area contributed by atoms with Gasteiger partial charge in [-0.1, -0.05) is 97.1 Å². The average Bonchev–Trinajstić information content (AvgIpc) is 2.77. The van der Waals surface area contributed by atoms with Crippen molar-refractivity contribution in [3.05, 3.63) is 146 Å². The lowest BCUT2D eigenvalue weighted by Crippen LogP contribution is -2.31. The number of hydrogen-bond donors (Lipinski definition) is 0. The highest BCUT2D eigenvalue weighted by Crippen LogP contribution is 2.46. The molecule has 4 rings (SSSR count). The molecule has 0 N–H and O–H groups in total. The van der Waals surface area contributed by atoms with Crippen molar-refractivity contribution >= 4 is 21.6 Å². The topological polar surface area (TPSA) is 43.1 Å². The quantitative estimate of drug-likeness (QED) is 0.194. The van der Waals surface area contributed by atoms with Crippen LogP contribution in [0.5, 0.6) is 0 Å². The van der Waals surface area contributed by atoms with Gasteiger partial charge in [-0.15, -0.1) is 0 Å². The highest BCUT2D eigenvalue weighted by molar-refractivity contribution is 9.10. The molecule has 0 fully saturated rings. The van der Waals surface area contributed by atoms with Gasteiger partial charge in [-0.2, -0.15) is 0 Å². The van der Waals surface area contributed by atoms with E-state index < -0.39 is 5.41 Å². The molecule has 4 heteroatoms. The monoisotopic (exact) mass is 443 g/mol. The van der Waals surface area contributed by atoms with Crippen LogP contribution in [0.2, 0.25) is 0 Å². The first kappa shape index (κ1) is 19.1. The summed E-state index contributed by atoms with van der Waals surface area (Å²) < 4.78 is 0.467. The maximum absolute atomic E-state index is 11.7. The lowest BCUT2D eigenvalue weighted by atomic mass is 9.65. The predicted octanol–water partition coefficient (Wildman–Crippen LogP) is 6.74. The molecule has 0 aliphatic heterocycles. The summed E-state index contributed by atoms with van der Waals surface area (Å²) in [5.41, 5.74) is 3.36. The fourth-order valence-electron chi connectivity index (χ4n) is 3.95. The lowest BCUT2D eigenvalue weighted by Gasteiger charge is -2.36. The largest absolute Gasteiger partial charge is 0.283 e. The van der Waals surface area contributed by atoms with E-state index in [0.717, 1.165) is 22.3 Å². The maximum atomic E-state index is 11.7. The molecule has 0 atom stereocenters.